The molecular formula is C17H22BrNO4. The highest BCUT2D eigenvalue weighted by Gasteiger charge is 2.25. The van der Waals surface area contributed by atoms with Crippen LogP contribution in [0.4, 0.5) is 0 Å². The van der Waals surface area contributed by atoms with Crippen LogP contribution in [0.5, 0.6) is 5.75 Å². The van der Waals surface area contributed by atoms with Gasteiger partial charge in [-0.3, -0.25) is 4.79 Å². The Morgan fingerprint density at radius 2 is 1.96 bits per heavy atom. The second-order valence-electron chi connectivity index (χ2n) is 5.55. The monoisotopic (exact) mass is 383 g/mol. The van der Waals surface area contributed by atoms with E-state index < -0.39 is 5.97 Å². The van der Waals surface area contributed by atoms with Crippen molar-refractivity contribution < 1.29 is 19.1 Å². The van der Waals surface area contributed by atoms with Crippen LogP contribution in [0.2, 0.25) is 0 Å². The summed E-state index contributed by atoms with van der Waals surface area (Å²) in [6.07, 6.45) is 4.14. The summed E-state index contributed by atoms with van der Waals surface area (Å²) in [4.78, 5) is 25.7. The van der Waals surface area contributed by atoms with Gasteiger partial charge in [0.25, 0.3) is 5.91 Å². The average Bonchev–Trinajstić information content (AvgIpc) is 2.59. The smallest absolute Gasteiger partial charge is 0.344 e. The minimum atomic E-state index is -0.536. The molecule has 1 aliphatic heterocycles. The fourth-order valence-electron chi connectivity index (χ4n) is 2.69. The van der Waals surface area contributed by atoms with Crippen LogP contribution in [0.25, 0.3) is 0 Å². The van der Waals surface area contributed by atoms with Crippen molar-refractivity contribution >= 4 is 27.8 Å². The summed E-state index contributed by atoms with van der Waals surface area (Å²) >= 11 is 3.33. The zero-order valence-electron chi connectivity index (χ0n) is 13.3. The fourth-order valence-corrected chi connectivity index (χ4v) is 2.96. The maximum absolute atomic E-state index is 12.2. The van der Waals surface area contributed by atoms with E-state index in [1.807, 2.05) is 17.0 Å². The van der Waals surface area contributed by atoms with E-state index in [0.717, 1.165) is 36.7 Å². The van der Waals surface area contributed by atoms with Gasteiger partial charge in [0, 0.05) is 17.1 Å². The molecule has 6 heteroatoms. The lowest BCUT2D eigenvalue weighted by Gasteiger charge is -2.35. The van der Waals surface area contributed by atoms with E-state index in [4.69, 9.17) is 9.47 Å². The predicted molar refractivity (Wildman–Crippen MR) is 90.2 cm³/mol. The van der Waals surface area contributed by atoms with Crippen LogP contribution >= 0.6 is 15.9 Å². The maximum atomic E-state index is 12.2. The Balaban J connectivity index is 1.73. The van der Waals surface area contributed by atoms with Crippen molar-refractivity contribution in [1.29, 1.82) is 0 Å². The summed E-state index contributed by atoms with van der Waals surface area (Å²) in [6, 6.07) is 7.43. The molecule has 0 radical (unpaired) electrons. The zero-order chi connectivity index (χ0) is 16.7. The molecule has 1 aromatic carbocycles. The van der Waals surface area contributed by atoms with E-state index in [1.165, 1.54) is 0 Å². The minimum absolute atomic E-state index is 0.117. The number of rotatable bonds is 6. The van der Waals surface area contributed by atoms with Crippen LogP contribution in [-0.2, 0) is 14.3 Å². The molecule has 1 aromatic rings. The van der Waals surface area contributed by atoms with Crippen molar-refractivity contribution in [3.8, 4) is 5.75 Å². The number of carbonyl (C=O) groups is 2. The second-order valence-corrected chi connectivity index (χ2v) is 6.46. The summed E-state index contributed by atoms with van der Waals surface area (Å²) in [7, 11) is 0. The molecule has 1 saturated heterocycles. The van der Waals surface area contributed by atoms with Crippen LogP contribution < -0.4 is 4.74 Å². The number of amides is 1. The summed E-state index contributed by atoms with van der Waals surface area (Å²) in [5, 5.41) is 0. The largest absolute Gasteiger partial charge is 0.482 e. The van der Waals surface area contributed by atoms with Gasteiger partial charge >= 0.3 is 5.97 Å². The maximum Gasteiger partial charge on any atom is 0.344 e. The highest BCUT2D eigenvalue weighted by molar-refractivity contribution is 9.10. The number of carbonyl (C=O) groups excluding carboxylic acids is 2. The molecule has 2 rings (SSSR count). The van der Waals surface area contributed by atoms with Crippen molar-refractivity contribution in [2.75, 3.05) is 19.8 Å². The van der Waals surface area contributed by atoms with E-state index >= 15 is 0 Å². The minimum Gasteiger partial charge on any atom is -0.482 e. The highest BCUT2D eigenvalue weighted by atomic mass is 79.9. The normalized spacial score (nSPS) is 17.7. The lowest BCUT2D eigenvalue weighted by Crippen LogP contribution is -2.45. The van der Waals surface area contributed by atoms with E-state index in [-0.39, 0.29) is 25.2 Å². The third-order valence-corrected chi connectivity index (χ3v) is 4.47. The van der Waals surface area contributed by atoms with E-state index in [2.05, 4.69) is 22.9 Å². The molecule has 1 atom stereocenters. The molecule has 0 aromatic heterocycles. The second kappa shape index (κ2) is 8.91. The van der Waals surface area contributed by atoms with Gasteiger partial charge < -0.3 is 14.4 Å². The van der Waals surface area contributed by atoms with Crippen LogP contribution in [0.1, 0.15) is 32.6 Å². The van der Waals surface area contributed by atoms with Crippen molar-refractivity contribution in [3.63, 3.8) is 0 Å². The standard InChI is InChI=1S/C17H22BrNO4/c1-2-14-5-3-4-10-19(14)16(20)11-23-17(21)12-22-15-8-6-13(18)7-9-15/h6-9,14H,2-5,10-12H2,1H3/t14-/m0/s1. The molecule has 23 heavy (non-hydrogen) atoms. The molecule has 1 fully saturated rings. The van der Waals surface area contributed by atoms with Crippen LogP contribution in [0.15, 0.2) is 28.7 Å². The Bertz CT molecular complexity index is 532. The third kappa shape index (κ3) is 5.53. The van der Waals surface area contributed by atoms with Gasteiger partial charge in [0.15, 0.2) is 13.2 Å². The highest BCUT2D eigenvalue weighted by Crippen LogP contribution is 2.19. The van der Waals surface area contributed by atoms with Gasteiger partial charge in [-0.25, -0.2) is 4.79 Å². The van der Waals surface area contributed by atoms with Crippen LogP contribution in [0.3, 0.4) is 0 Å². The fraction of sp³-hybridized carbons (Fsp3) is 0.529. The van der Waals surface area contributed by atoms with Crippen molar-refractivity contribution in [3.05, 3.63) is 28.7 Å². The molecule has 0 N–H and O–H groups in total. The Morgan fingerprint density at radius 1 is 1.22 bits per heavy atom. The molecule has 0 saturated carbocycles. The van der Waals surface area contributed by atoms with Crippen molar-refractivity contribution in [1.82, 2.24) is 4.90 Å². The van der Waals surface area contributed by atoms with Gasteiger partial charge in [-0.05, 0) is 49.9 Å². The Kier molecular flexibility index (Phi) is 6.89. The SMILES string of the molecule is CC[C@H]1CCCCN1C(=O)COC(=O)COc1ccc(Br)cc1. The molecule has 0 aliphatic carbocycles. The Morgan fingerprint density at radius 3 is 2.65 bits per heavy atom. The molecule has 0 spiro atoms. The van der Waals surface area contributed by atoms with Crippen molar-refractivity contribution in [2.45, 2.75) is 38.6 Å². The summed E-state index contributed by atoms with van der Waals surface area (Å²) in [6.45, 7) is 2.42. The topological polar surface area (TPSA) is 55.8 Å². The number of halogens is 1. The first-order chi connectivity index (χ1) is 11.1. The summed E-state index contributed by atoms with van der Waals surface area (Å²) < 4.78 is 11.3. The molecule has 1 aliphatic rings. The number of esters is 1. The number of piperidine rings is 1. The van der Waals surface area contributed by atoms with E-state index in [9.17, 15) is 9.59 Å². The summed E-state index contributed by atoms with van der Waals surface area (Å²) in [5.41, 5.74) is 0. The number of likely N-dealkylation sites (tertiary alicyclic amines) is 1. The lowest BCUT2D eigenvalue weighted by molar-refractivity contribution is -0.155. The molecule has 0 bridgehead atoms. The van der Waals surface area contributed by atoms with E-state index in [0.29, 0.717) is 5.75 Å². The van der Waals surface area contributed by atoms with Crippen LogP contribution in [-0.4, -0.2) is 42.6 Å². The Labute approximate surface area is 145 Å². The van der Waals surface area contributed by atoms with Gasteiger partial charge in [-0.2, -0.15) is 0 Å². The molecule has 1 amide bonds. The lowest BCUT2D eigenvalue weighted by atomic mass is 10.00. The Hall–Kier alpha value is -1.56. The number of hydrogen-bond donors (Lipinski definition) is 0. The molecular weight excluding hydrogens is 362 g/mol. The quantitative estimate of drug-likeness (QED) is 0.707. The number of benzene rings is 1. The van der Waals surface area contributed by atoms with Gasteiger partial charge in [-0.15, -0.1) is 0 Å². The van der Waals surface area contributed by atoms with Gasteiger partial charge in [-0.1, -0.05) is 22.9 Å². The first-order valence-electron chi connectivity index (χ1n) is 7.93. The first-order valence-corrected chi connectivity index (χ1v) is 8.73. The molecule has 1 heterocycles. The first kappa shape index (κ1) is 17.8. The van der Waals surface area contributed by atoms with Gasteiger partial charge in [0.2, 0.25) is 0 Å². The van der Waals surface area contributed by atoms with Crippen LogP contribution in [0, 0.1) is 0 Å². The number of nitrogens with zero attached hydrogens (tertiary/aromatic N) is 1. The predicted octanol–water partition coefficient (Wildman–Crippen LogP) is 3.16. The van der Waals surface area contributed by atoms with Crippen molar-refractivity contribution in [2.24, 2.45) is 0 Å². The van der Waals surface area contributed by atoms with E-state index in [1.54, 1.807) is 12.1 Å². The van der Waals surface area contributed by atoms with Gasteiger partial charge in [0.1, 0.15) is 5.75 Å². The molecule has 0 unspecified atom stereocenters. The molecule has 126 valence electrons. The number of hydrogen-bond acceptors (Lipinski definition) is 4. The average molecular weight is 384 g/mol. The summed E-state index contributed by atoms with van der Waals surface area (Å²) in [5.74, 6) is -0.0709. The van der Waals surface area contributed by atoms with Gasteiger partial charge in [0.05, 0.1) is 0 Å². The number of ether oxygens (including phenoxy) is 2. The third-order valence-electron chi connectivity index (χ3n) is 3.95. The molecule has 5 nitrogen and oxygen atoms in total. The zero-order valence-corrected chi connectivity index (χ0v) is 14.9.